The van der Waals surface area contributed by atoms with Crippen LogP contribution in [0.3, 0.4) is 0 Å². The lowest BCUT2D eigenvalue weighted by Crippen LogP contribution is -2.44. The number of nitrogens with zero attached hydrogens (tertiary/aromatic N) is 4. The summed E-state index contributed by atoms with van der Waals surface area (Å²) in [5.41, 5.74) is -2.09. The van der Waals surface area contributed by atoms with Crippen LogP contribution in [0.2, 0.25) is 5.02 Å². The van der Waals surface area contributed by atoms with Gasteiger partial charge in [0, 0.05) is 26.2 Å². The summed E-state index contributed by atoms with van der Waals surface area (Å²) in [4.78, 5) is 56.5. The fourth-order valence-corrected chi connectivity index (χ4v) is 3.74. The van der Waals surface area contributed by atoms with Gasteiger partial charge in [0.25, 0.3) is 5.56 Å². The average Bonchev–Trinajstić information content (AvgIpc) is 3.18. The number of nitrogens with one attached hydrogen (secondary N) is 2. The second-order valence-corrected chi connectivity index (χ2v) is 7.62. The highest BCUT2D eigenvalue weighted by Gasteiger charge is 2.42. The van der Waals surface area contributed by atoms with Gasteiger partial charge in [-0.05, 0) is 12.1 Å². The molecule has 0 aliphatic carbocycles. The summed E-state index contributed by atoms with van der Waals surface area (Å²) in [5, 5.41) is 3.42. The van der Waals surface area contributed by atoms with Gasteiger partial charge in [-0.25, -0.2) is 14.4 Å². The number of aromatic nitrogens is 4. The van der Waals surface area contributed by atoms with Crippen molar-refractivity contribution in [2.24, 2.45) is 0 Å². The lowest BCUT2D eigenvalue weighted by Gasteiger charge is -2.28. The molecule has 2 N–H and O–H groups in total. The highest BCUT2D eigenvalue weighted by molar-refractivity contribution is 6.32. The van der Waals surface area contributed by atoms with Gasteiger partial charge in [-0.1, -0.05) is 23.7 Å². The van der Waals surface area contributed by atoms with Gasteiger partial charge in [0.1, 0.15) is 6.54 Å². The predicted octanol–water partition coefficient (Wildman–Crippen LogP) is 0.571. The molecule has 1 aliphatic heterocycles. The zero-order chi connectivity index (χ0) is 24.6. The number of para-hydroxylation sites is 1. The fourth-order valence-electron chi connectivity index (χ4n) is 3.52. The number of ether oxygens (including phenoxy) is 1. The molecule has 0 spiro atoms. The van der Waals surface area contributed by atoms with E-state index in [1.807, 2.05) is 9.88 Å². The largest absolute Gasteiger partial charge is 0.491 e. The van der Waals surface area contributed by atoms with Crippen LogP contribution in [0.5, 0.6) is 0 Å². The number of aromatic amines is 1. The minimum absolute atomic E-state index is 0.170. The first-order chi connectivity index (χ1) is 16.1. The van der Waals surface area contributed by atoms with E-state index in [0.29, 0.717) is 36.4 Å². The number of halogens is 4. The third-order valence-corrected chi connectivity index (χ3v) is 5.32. The Morgan fingerprint density at radius 3 is 2.47 bits per heavy atom. The smallest absolute Gasteiger partial charge is 0.385 e. The van der Waals surface area contributed by atoms with Crippen molar-refractivity contribution < 1.29 is 27.5 Å². The monoisotopic (exact) mass is 500 g/mol. The number of esters is 2. The van der Waals surface area contributed by atoms with Gasteiger partial charge in [0.2, 0.25) is 5.95 Å². The summed E-state index contributed by atoms with van der Waals surface area (Å²) in [5.74, 6) is -4.16. The number of hydrogen-bond acceptors (Lipinski definition) is 8. The van der Waals surface area contributed by atoms with Crippen molar-refractivity contribution in [3.8, 4) is 5.69 Å². The summed E-state index contributed by atoms with van der Waals surface area (Å²) < 4.78 is 43.1. The van der Waals surface area contributed by atoms with Crippen LogP contribution in [-0.4, -0.2) is 63.4 Å². The van der Waals surface area contributed by atoms with Crippen molar-refractivity contribution >= 4 is 40.7 Å². The Hall–Kier alpha value is -3.65. The number of anilines is 1. The Bertz CT molecular complexity index is 1390. The Balaban J connectivity index is 1.90. The van der Waals surface area contributed by atoms with Gasteiger partial charge < -0.3 is 15.0 Å². The van der Waals surface area contributed by atoms with Crippen LogP contribution in [0.1, 0.15) is 0 Å². The average molecular weight is 501 g/mol. The molecule has 1 aromatic carbocycles. The van der Waals surface area contributed by atoms with E-state index in [1.165, 1.54) is 4.57 Å². The Labute approximate surface area is 192 Å². The second kappa shape index (κ2) is 8.95. The minimum atomic E-state index is -5.40. The number of imidazole rings is 1. The van der Waals surface area contributed by atoms with Crippen LogP contribution in [0, 0.1) is 0 Å². The SMILES string of the molecule is O=C(Cn1c(=O)[nH]c(=O)c2c1nc(N1CCNCC1)n2-c1ccccc1Cl)OC(=O)C(F)(F)F. The number of fused-ring (bicyclic) bond motifs is 1. The molecule has 3 aromatic rings. The number of benzene rings is 1. The van der Waals surface area contributed by atoms with Crippen molar-refractivity contribution in [1.29, 1.82) is 0 Å². The van der Waals surface area contributed by atoms with Gasteiger partial charge >= 0.3 is 23.8 Å². The van der Waals surface area contributed by atoms with Crippen molar-refractivity contribution in [2.75, 3.05) is 31.1 Å². The Kier molecular flexibility index (Phi) is 6.18. The van der Waals surface area contributed by atoms with Crippen LogP contribution < -0.4 is 21.5 Å². The van der Waals surface area contributed by atoms with Crippen molar-refractivity contribution in [3.63, 3.8) is 0 Å². The van der Waals surface area contributed by atoms with Gasteiger partial charge in [-0.2, -0.15) is 18.2 Å². The third-order valence-electron chi connectivity index (χ3n) is 5.00. The van der Waals surface area contributed by atoms with Crippen LogP contribution in [0.4, 0.5) is 19.1 Å². The summed E-state index contributed by atoms with van der Waals surface area (Å²) in [6.07, 6.45) is -5.40. The summed E-state index contributed by atoms with van der Waals surface area (Å²) in [6.45, 7) is 1.06. The molecule has 0 bridgehead atoms. The standard InChI is InChI=1S/C19H16ClF3N6O5/c20-10-3-1-2-4-11(10)29-13-14(25-17(29)27-7-5-24-6-8-27)28(18(33)26-15(13)31)9-12(30)34-16(32)19(21,22)23/h1-4,24H,5-9H2,(H,26,31,33). The highest BCUT2D eigenvalue weighted by Crippen LogP contribution is 2.29. The normalized spacial score (nSPS) is 14.4. The molecule has 0 unspecified atom stereocenters. The van der Waals surface area contributed by atoms with Crippen LogP contribution in [0.25, 0.3) is 16.9 Å². The summed E-state index contributed by atoms with van der Waals surface area (Å²) in [6, 6.07) is 6.52. The van der Waals surface area contributed by atoms with Crippen LogP contribution in [-0.2, 0) is 20.9 Å². The molecule has 1 saturated heterocycles. The number of piperazine rings is 1. The molecule has 0 saturated carbocycles. The first-order valence-electron chi connectivity index (χ1n) is 9.86. The number of rotatable bonds is 4. The molecule has 4 rings (SSSR count). The zero-order valence-corrected chi connectivity index (χ0v) is 17.9. The molecule has 2 aromatic heterocycles. The molecule has 3 heterocycles. The quantitative estimate of drug-likeness (QED) is 0.393. The maximum Gasteiger partial charge on any atom is 0.491 e. The Morgan fingerprint density at radius 1 is 1.15 bits per heavy atom. The lowest BCUT2D eigenvalue weighted by molar-refractivity contribution is -0.202. The number of hydrogen-bond donors (Lipinski definition) is 2. The maximum atomic E-state index is 12.8. The molecule has 180 valence electrons. The fraction of sp³-hybridized carbons (Fsp3) is 0.316. The lowest BCUT2D eigenvalue weighted by atomic mass is 10.3. The zero-order valence-electron chi connectivity index (χ0n) is 17.2. The first kappa shape index (κ1) is 23.5. The van der Waals surface area contributed by atoms with Crippen LogP contribution >= 0.6 is 11.6 Å². The van der Waals surface area contributed by atoms with E-state index in [4.69, 9.17) is 11.6 Å². The van der Waals surface area contributed by atoms with Crippen LogP contribution in [0.15, 0.2) is 33.9 Å². The second-order valence-electron chi connectivity index (χ2n) is 7.21. The number of alkyl halides is 3. The molecule has 34 heavy (non-hydrogen) atoms. The molecule has 0 amide bonds. The molecular weight excluding hydrogens is 485 g/mol. The summed E-state index contributed by atoms with van der Waals surface area (Å²) >= 11 is 6.36. The molecular formula is C19H16ClF3N6O5. The van der Waals surface area contributed by atoms with Gasteiger partial charge in [-0.3, -0.25) is 18.9 Å². The third kappa shape index (κ3) is 4.41. The van der Waals surface area contributed by atoms with E-state index >= 15 is 0 Å². The van der Waals surface area contributed by atoms with E-state index < -0.39 is 35.9 Å². The molecule has 0 atom stereocenters. The molecule has 0 radical (unpaired) electrons. The first-order valence-corrected chi connectivity index (χ1v) is 10.2. The van der Waals surface area contributed by atoms with Gasteiger partial charge in [0.15, 0.2) is 11.2 Å². The number of H-pyrrole nitrogens is 1. The van der Waals surface area contributed by atoms with Crippen molar-refractivity contribution in [2.45, 2.75) is 12.7 Å². The Morgan fingerprint density at radius 2 is 1.82 bits per heavy atom. The maximum absolute atomic E-state index is 12.8. The van der Waals surface area contributed by atoms with Crippen molar-refractivity contribution in [3.05, 3.63) is 50.1 Å². The number of carbonyl (C=O) groups excluding carboxylic acids is 2. The van der Waals surface area contributed by atoms with E-state index in [2.05, 4.69) is 15.0 Å². The van der Waals surface area contributed by atoms with Gasteiger partial charge in [-0.15, -0.1) is 0 Å². The number of carbonyl (C=O) groups is 2. The summed E-state index contributed by atoms with van der Waals surface area (Å²) in [7, 11) is 0. The highest BCUT2D eigenvalue weighted by atomic mass is 35.5. The van der Waals surface area contributed by atoms with E-state index in [9.17, 15) is 32.3 Å². The predicted molar refractivity (Wildman–Crippen MR) is 113 cm³/mol. The molecule has 11 nitrogen and oxygen atoms in total. The van der Waals surface area contributed by atoms with Gasteiger partial charge in [0.05, 0.1) is 10.7 Å². The molecule has 1 aliphatic rings. The van der Waals surface area contributed by atoms with E-state index in [0.717, 1.165) is 0 Å². The molecule has 15 heteroatoms. The topological polar surface area (TPSA) is 131 Å². The minimum Gasteiger partial charge on any atom is -0.385 e. The molecule has 1 fully saturated rings. The van der Waals surface area contributed by atoms with E-state index in [1.54, 1.807) is 24.3 Å². The van der Waals surface area contributed by atoms with Crippen molar-refractivity contribution in [1.82, 2.24) is 24.4 Å². The van der Waals surface area contributed by atoms with E-state index in [-0.39, 0.29) is 22.1 Å².